The molecule has 146 valence electrons. The van der Waals surface area contributed by atoms with Crippen LogP contribution in [0.15, 0.2) is 24.3 Å². The summed E-state index contributed by atoms with van der Waals surface area (Å²) < 4.78 is 10.7. The molecular weight excluding hydrogens is 368 g/mol. The van der Waals surface area contributed by atoms with Crippen LogP contribution in [0.4, 0.5) is 0 Å². The molecule has 0 bridgehead atoms. The number of benzene rings is 1. The summed E-state index contributed by atoms with van der Waals surface area (Å²) in [4.78, 5) is 26.2. The average Bonchev–Trinajstić information content (AvgIpc) is 2.62. The highest BCUT2D eigenvalue weighted by Crippen LogP contribution is 2.34. The van der Waals surface area contributed by atoms with Crippen LogP contribution < -0.4 is 25.8 Å². The number of thiol groups is 1. The van der Waals surface area contributed by atoms with E-state index in [-0.39, 0.29) is 30.4 Å². The minimum atomic E-state index is -0.640. The SMILES string of the molecule is COc1ccc(C2=CC(=O)NC(S)N2CC(=O)NC2CC(N)C2)c(OC)c1. The molecule has 0 spiro atoms. The van der Waals surface area contributed by atoms with Crippen LogP contribution in [0.5, 0.6) is 11.5 Å². The maximum atomic E-state index is 12.5. The average molecular weight is 392 g/mol. The van der Waals surface area contributed by atoms with E-state index in [0.717, 1.165) is 12.8 Å². The van der Waals surface area contributed by atoms with Crippen LogP contribution in [-0.2, 0) is 9.59 Å². The second-order valence-corrected chi connectivity index (χ2v) is 7.09. The summed E-state index contributed by atoms with van der Waals surface area (Å²) in [7, 11) is 3.10. The molecule has 1 atom stereocenters. The van der Waals surface area contributed by atoms with E-state index >= 15 is 0 Å². The Bertz CT molecular complexity index is 764. The number of carbonyl (C=O) groups excluding carboxylic acids is 2. The van der Waals surface area contributed by atoms with Gasteiger partial charge in [0.25, 0.3) is 0 Å². The second kappa shape index (κ2) is 8.10. The van der Waals surface area contributed by atoms with Gasteiger partial charge >= 0.3 is 0 Å². The first-order valence-electron chi connectivity index (χ1n) is 8.65. The summed E-state index contributed by atoms with van der Waals surface area (Å²) in [6.07, 6.45) is 2.99. The van der Waals surface area contributed by atoms with E-state index in [1.807, 2.05) is 0 Å². The predicted octanol–water partition coefficient (Wildman–Crippen LogP) is 0.296. The Hall–Kier alpha value is -2.39. The largest absolute Gasteiger partial charge is 0.497 e. The molecule has 1 aliphatic carbocycles. The number of ether oxygens (including phenoxy) is 2. The number of nitrogens with zero attached hydrogens (tertiary/aromatic N) is 1. The second-order valence-electron chi connectivity index (χ2n) is 6.60. The number of rotatable bonds is 6. The smallest absolute Gasteiger partial charge is 0.248 e. The van der Waals surface area contributed by atoms with E-state index in [9.17, 15) is 9.59 Å². The van der Waals surface area contributed by atoms with Gasteiger partial charge in [0.1, 0.15) is 17.0 Å². The Balaban J connectivity index is 1.84. The van der Waals surface area contributed by atoms with Crippen LogP contribution in [0.2, 0.25) is 0 Å². The Morgan fingerprint density at radius 2 is 2.11 bits per heavy atom. The van der Waals surface area contributed by atoms with Crippen molar-refractivity contribution in [3.63, 3.8) is 0 Å². The third-order valence-electron chi connectivity index (χ3n) is 4.68. The van der Waals surface area contributed by atoms with E-state index in [2.05, 4.69) is 23.3 Å². The van der Waals surface area contributed by atoms with Crippen LogP contribution in [0.3, 0.4) is 0 Å². The number of carbonyl (C=O) groups is 2. The van der Waals surface area contributed by atoms with Crippen LogP contribution in [0.25, 0.3) is 5.70 Å². The first-order chi connectivity index (χ1) is 12.9. The van der Waals surface area contributed by atoms with Crippen molar-refractivity contribution in [3.05, 3.63) is 29.8 Å². The lowest BCUT2D eigenvalue weighted by atomic mass is 9.87. The van der Waals surface area contributed by atoms with Gasteiger partial charge in [0, 0.05) is 29.8 Å². The maximum absolute atomic E-state index is 12.5. The van der Waals surface area contributed by atoms with Gasteiger partial charge < -0.3 is 30.7 Å². The zero-order valence-corrected chi connectivity index (χ0v) is 16.2. The summed E-state index contributed by atoms with van der Waals surface area (Å²) >= 11 is 4.43. The molecule has 1 heterocycles. The van der Waals surface area contributed by atoms with E-state index in [0.29, 0.717) is 22.8 Å². The summed E-state index contributed by atoms with van der Waals surface area (Å²) in [5.74, 6) is 0.723. The lowest BCUT2D eigenvalue weighted by molar-refractivity contribution is -0.124. The molecule has 3 rings (SSSR count). The lowest BCUT2D eigenvalue weighted by Gasteiger charge is -2.37. The van der Waals surface area contributed by atoms with Crippen LogP contribution in [0, 0.1) is 0 Å². The molecule has 1 aromatic rings. The molecule has 1 fully saturated rings. The van der Waals surface area contributed by atoms with Crippen molar-refractivity contribution < 1.29 is 19.1 Å². The van der Waals surface area contributed by atoms with Crippen molar-refractivity contribution in [2.75, 3.05) is 20.8 Å². The van der Waals surface area contributed by atoms with Gasteiger partial charge in [-0.05, 0) is 25.0 Å². The van der Waals surface area contributed by atoms with Gasteiger partial charge in [-0.3, -0.25) is 9.59 Å². The fourth-order valence-electron chi connectivity index (χ4n) is 3.21. The number of methoxy groups -OCH3 is 2. The minimum Gasteiger partial charge on any atom is -0.497 e. The molecule has 1 aliphatic heterocycles. The van der Waals surface area contributed by atoms with Gasteiger partial charge in [-0.2, -0.15) is 0 Å². The Kier molecular flexibility index (Phi) is 5.81. The van der Waals surface area contributed by atoms with Gasteiger partial charge in [0.2, 0.25) is 11.8 Å². The Morgan fingerprint density at radius 3 is 2.74 bits per heavy atom. The molecule has 9 heteroatoms. The molecule has 2 amide bonds. The molecule has 1 unspecified atom stereocenters. The standard InChI is InChI=1S/C18H24N4O4S/c1-25-12-3-4-13(15(7-12)26-2)14-8-16(23)21-18(27)22(14)9-17(24)20-11-5-10(19)6-11/h3-4,7-8,10-11,18,27H,5-6,9,19H2,1-2H3,(H,20,24)(H,21,23). The zero-order chi connectivity index (χ0) is 19.6. The first kappa shape index (κ1) is 19.4. The first-order valence-corrected chi connectivity index (χ1v) is 9.17. The molecule has 0 saturated heterocycles. The highest BCUT2D eigenvalue weighted by molar-refractivity contribution is 7.80. The van der Waals surface area contributed by atoms with Gasteiger partial charge in [0.05, 0.1) is 26.5 Å². The van der Waals surface area contributed by atoms with Crippen molar-refractivity contribution in [2.24, 2.45) is 5.73 Å². The van der Waals surface area contributed by atoms with Crippen LogP contribution in [-0.4, -0.2) is 55.1 Å². The van der Waals surface area contributed by atoms with Crippen molar-refractivity contribution in [2.45, 2.75) is 30.4 Å². The molecule has 2 aliphatic rings. The number of hydrogen-bond acceptors (Lipinski definition) is 7. The zero-order valence-electron chi connectivity index (χ0n) is 15.3. The third kappa shape index (κ3) is 4.30. The summed E-state index contributed by atoms with van der Waals surface area (Å²) in [5.41, 5.74) is 6.35. The van der Waals surface area contributed by atoms with Crippen molar-refractivity contribution in [3.8, 4) is 11.5 Å². The molecule has 8 nitrogen and oxygen atoms in total. The molecule has 1 aromatic carbocycles. The highest BCUT2D eigenvalue weighted by atomic mass is 32.1. The Labute approximate surface area is 163 Å². The number of amides is 2. The van der Waals surface area contributed by atoms with E-state index in [4.69, 9.17) is 15.2 Å². The topological polar surface area (TPSA) is 106 Å². The van der Waals surface area contributed by atoms with E-state index in [1.54, 1.807) is 30.2 Å². The normalized spacial score (nSPS) is 24.4. The van der Waals surface area contributed by atoms with E-state index < -0.39 is 5.50 Å². The van der Waals surface area contributed by atoms with Gasteiger partial charge in [0.15, 0.2) is 0 Å². The number of nitrogens with two attached hydrogens (primary N) is 1. The molecule has 0 radical (unpaired) electrons. The van der Waals surface area contributed by atoms with Crippen LogP contribution >= 0.6 is 12.6 Å². The van der Waals surface area contributed by atoms with Crippen molar-refractivity contribution in [1.29, 1.82) is 0 Å². The predicted molar refractivity (Wildman–Crippen MR) is 104 cm³/mol. The summed E-state index contributed by atoms with van der Waals surface area (Å²) in [5, 5.41) is 5.65. The van der Waals surface area contributed by atoms with Crippen LogP contribution in [0.1, 0.15) is 18.4 Å². The van der Waals surface area contributed by atoms with Crippen molar-refractivity contribution >= 4 is 30.1 Å². The summed E-state index contributed by atoms with van der Waals surface area (Å²) in [6.45, 7) is 0.0429. The molecular formula is C18H24N4O4S. The monoisotopic (exact) mass is 392 g/mol. The quantitative estimate of drug-likeness (QED) is 0.519. The summed E-state index contributed by atoms with van der Waals surface area (Å²) in [6, 6.07) is 5.55. The number of nitrogens with one attached hydrogen (secondary N) is 2. The fraction of sp³-hybridized carbons (Fsp3) is 0.444. The Morgan fingerprint density at radius 1 is 1.37 bits per heavy atom. The maximum Gasteiger partial charge on any atom is 0.248 e. The third-order valence-corrected chi connectivity index (χ3v) is 5.09. The lowest BCUT2D eigenvalue weighted by Crippen LogP contribution is -2.55. The molecule has 4 N–H and O–H groups in total. The molecule has 0 aromatic heterocycles. The minimum absolute atomic E-state index is 0.0429. The van der Waals surface area contributed by atoms with Gasteiger partial charge in [-0.15, -0.1) is 12.6 Å². The highest BCUT2D eigenvalue weighted by Gasteiger charge is 2.31. The van der Waals surface area contributed by atoms with Gasteiger partial charge in [-0.25, -0.2) is 0 Å². The van der Waals surface area contributed by atoms with Crippen molar-refractivity contribution in [1.82, 2.24) is 15.5 Å². The fourth-order valence-corrected chi connectivity index (χ4v) is 3.54. The van der Waals surface area contributed by atoms with Gasteiger partial charge in [-0.1, -0.05) is 0 Å². The molecule has 1 saturated carbocycles. The van der Waals surface area contributed by atoms with E-state index in [1.165, 1.54) is 13.2 Å². The number of hydrogen-bond donors (Lipinski definition) is 4. The molecule has 27 heavy (non-hydrogen) atoms.